The molecule has 2 rings (SSSR count). The van der Waals surface area contributed by atoms with Gasteiger partial charge in [0.1, 0.15) is 11.5 Å². The van der Waals surface area contributed by atoms with Crippen LogP contribution in [0.5, 0.6) is 11.5 Å². The fraction of sp³-hybridized carbons (Fsp3) is 0.842. The molecule has 8 heteroatoms. The first-order valence-corrected chi connectivity index (χ1v) is 18.4. The van der Waals surface area contributed by atoms with E-state index in [9.17, 15) is 5.11 Å². The number of hydrogen-bond acceptors (Lipinski definition) is 8. The van der Waals surface area contributed by atoms with Crippen molar-refractivity contribution in [3.8, 4) is 11.5 Å². The molecule has 268 valence electrons. The number of unbranched alkanes of at least 4 members (excludes halogenated alkanes) is 6. The second-order valence-corrected chi connectivity index (χ2v) is 13.5. The predicted molar refractivity (Wildman–Crippen MR) is 185 cm³/mol. The maximum Gasteiger partial charge on any atom is 0.122 e. The third-order valence-corrected chi connectivity index (χ3v) is 8.81. The summed E-state index contributed by atoms with van der Waals surface area (Å²) in [4.78, 5) is 0. The number of ether oxygens (including phenoxy) is 7. The zero-order valence-electron chi connectivity index (χ0n) is 30.0. The second-order valence-electron chi connectivity index (χ2n) is 13.5. The standard InChI is InChI=1S/C38H68O8/c1-6-37(4,45-27-14-11-9-13-23-41-31-33(3)39)21-17-25-42-34-19-16-20-35(29-34)43-26-18-24-40-22-12-8-10-15-28-46-38(5,7-2)30-36-32-44-36/h16,19-20,29,33,36,39H,6-15,17-18,21-28,30-32H2,1-5H3. The lowest BCUT2D eigenvalue weighted by atomic mass is 9.97. The number of rotatable bonds is 32. The zero-order valence-corrected chi connectivity index (χ0v) is 30.0. The molecule has 1 fully saturated rings. The molecule has 0 saturated carbocycles. The van der Waals surface area contributed by atoms with Gasteiger partial charge in [0.15, 0.2) is 0 Å². The first-order chi connectivity index (χ1) is 22.3. The van der Waals surface area contributed by atoms with E-state index in [1.54, 1.807) is 6.92 Å². The molecule has 0 aromatic heterocycles. The second kappa shape index (κ2) is 24.7. The minimum atomic E-state index is -0.385. The highest BCUT2D eigenvalue weighted by Crippen LogP contribution is 2.29. The summed E-state index contributed by atoms with van der Waals surface area (Å²) in [6.45, 7) is 17.0. The van der Waals surface area contributed by atoms with Crippen LogP contribution in [0.25, 0.3) is 0 Å². The summed E-state index contributed by atoms with van der Waals surface area (Å²) >= 11 is 0. The smallest absolute Gasteiger partial charge is 0.122 e. The summed E-state index contributed by atoms with van der Waals surface area (Å²) in [5.41, 5.74) is -0.152. The highest BCUT2D eigenvalue weighted by Gasteiger charge is 2.33. The van der Waals surface area contributed by atoms with E-state index in [4.69, 9.17) is 33.2 Å². The fourth-order valence-electron chi connectivity index (χ4n) is 5.28. The maximum atomic E-state index is 9.22. The highest BCUT2D eigenvalue weighted by atomic mass is 16.6. The molecule has 0 aliphatic carbocycles. The van der Waals surface area contributed by atoms with E-state index in [-0.39, 0.29) is 17.3 Å². The molecule has 1 N–H and O–H groups in total. The van der Waals surface area contributed by atoms with Gasteiger partial charge in [0.25, 0.3) is 0 Å². The molecular weight excluding hydrogens is 584 g/mol. The van der Waals surface area contributed by atoms with E-state index in [1.165, 1.54) is 12.8 Å². The molecule has 1 saturated heterocycles. The summed E-state index contributed by atoms with van der Waals surface area (Å²) in [6, 6.07) is 7.91. The lowest BCUT2D eigenvalue weighted by Gasteiger charge is -2.29. The van der Waals surface area contributed by atoms with Gasteiger partial charge in [0, 0.05) is 51.9 Å². The van der Waals surface area contributed by atoms with Gasteiger partial charge in [-0.15, -0.1) is 0 Å². The first kappa shape index (κ1) is 40.8. The topological polar surface area (TPSA) is 88.1 Å². The largest absolute Gasteiger partial charge is 0.493 e. The van der Waals surface area contributed by atoms with E-state index < -0.39 is 0 Å². The lowest BCUT2D eigenvalue weighted by molar-refractivity contribution is -0.0461. The molecule has 0 spiro atoms. The van der Waals surface area contributed by atoms with Crippen LogP contribution >= 0.6 is 0 Å². The Morgan fingerprint density at radius 3 is 1.80 bits per heavy atom. The molecule has 1 aliphatic heterocycles. The number of benzene rings is 1. The predicted octanol–water partition coefficient (Wildman–Crippen LogP) is 8.31. The van der Waals surface area contributed by atoms with Crippen LogP contribution in [0.15, 0.2) is 24.3 Å². The van der Waals surface area contributed by atoms with Crippen LogP contribution in [0, 0.1) is 0 Å². The minimum Gasteiger partial charge on any atom is -0.493 e. The van der Waals surface area contributed by atoms with Gasteiger partial charge in [-0.05, 0) is 84.3 Å². The van der Waals surface area contributed by atoms with Gasteiger partial charge < -0.3 is 38.3 Å². The summed E-state index contributed by atoms with van der Waals surface area (Å²) < 4.78 is 41.0. The van der Waals surface area contributed by atoms with E-state index in [1.807, 2.05) is 24.3 Å². The Morgan fingerprint density at radius 1 is 0.717 bits per heavy atom. The van der Waals surface area contributed by atoms with Gasteiger partial charge in [-0.2, -0.15) is 0 Å². The van der Waals surface area contributed by atoms with Crippen molar-refractivity contribution in [1.82, 2.24) is 0 Å². The summed E-state index contributed by atoms with van der Waals surface area (Å²) in [7, 11) is 0. The Kier molecular flexibility index (Phi) is 21.9. The van der Waals surface area contributed by atoms with Gasteiger partial charge in [0.2, 0.25) is 0 Å². The fourth-order valence-corrected chi connectivity index (χ4v) is 5.28. The molecule has 0 amide bonds. The summed E-state index contributed by atoms with van der Waals surface area (Å²) in [6.07, 6.45) is 14.8. The average molecular weight is 653 g/mol. The van der Waals surface area contributed by atoms with Crippen LogP contribution in [0.1, 0.15) is 125 Å². The third-order valence-electron chi connectivity index (χ3n) is 8.81. The Labute approximate surface area is 281 Å². The number of aliphatic hydroxyl groups excluding tert-OH is 1. The van der Waals surface area contributed by atoms with Crippen LogP contribution in [-0.4, -0.2) is 88.0 Å². The van der Waals surface area contributed by atoms with Crippen molar-refractivity contribution in [2.24, 2.45) is 0 Å². The van der Waals surface area contributed by atoms with Crippen molar-refractivity contribution in [2.75, 3.05) is 59.5 Å². The molecule has 1 aromatic rings. The number of aliphatic hydroxyl groups is 1. The van der Waals surface area contributed by atoms with Gasteiger partial charge in [-0.1, -0.05) is 45.6 Å². The van der Waals surface area contributed by atoms with Crippen LogP contribution in [0.3, 0.4) is 0 Å². The lowest BCUT2D eigenvalue weighted by Crippen LogP contribution is -2.30. The van der Waals surface area contributed by atoms with Crippen LogP contribution in [0.2, 0.25) is 0 Å². The Morgan fingerprint density at radius 2 is 1.24 bits per heavy atom. The molecule has 0 bridgehead atoms. The molecule has 1 aromatic carbocycles. The monoisotopic (exact) mass is 652 g/mol. The molecule has 1 heterocycles. The van der Waals surface area contributed by atoms with Crippen molar-refractivity contribution in [1.29, 1.82) is 0 Å². The minimum absolute atomic E-state index is 0.0353. The number of hydrogen-bond donors (Lipinski definition) is 1. The Bertz CT molecular complexity index is 863. The van der Waals surface area contributed by atoms with E-state index >= 15 is 0 Å². The molecule has 1 aliphatic rings. The quantitative estimate of drug-likeness (QED) is 0.0614. The van der Waals surface area contributed by atoms with Crippen molar-refractivity contribution in [2.45, 2.75) is 148 Å². The van der Waals surface area contributed by atoms with Crippen LogP contribution < -0.4 is 9.47 Å². The molecule has 4 unspecified atom stereocenters. The first-order valence-electron chi connectivity index (χ1n) is 18.4. The van der Waals surface area contributed by atoms with E-state index in [0.29, 0.717) is 25.9 Å². The van der Waals surface area contributed by atoms with E-state index in [0.717, 1.165) is 128 Å². The SMILES string of the molecule is CCC(C)(CCCOc1cccc(OCCCOCCCCCCOC(C)(CC)CC2CO2)c1)OCCCCCCOCC(C)O. The van der Waals surface area contributed by atoms with Crippen LogP contribution in [0.4, 0.5) is 0 Å². The average Bonchev–Trinajstić information content (AvgIpc) is 3.86. The van der Waals surface area contributed by atoms with Crippen molar-refractivity contribution < 1.29 is 38.3 Å². The third kappa shape index (κ3) is 20.7. The van der Waals surface area contributed by atoms with Gasteiger partial charge in [0.05, 0.1) is 49.8 Å². The summed E-state index contributed by atoms with van der Waals surface area (Å²) in [5.74, 6) is 1.67. The van der Waals surface area contributed by atoms with Gasteiger partial charge in [-0.3, -0.25) is 0 Å². The Hall–Kier alpha value is -1.42. The molecule has 0 radical (unpaired) electrons. The van der Waals surface area contributed by atoms with Crippen molar-refractivity contribution in [3.63, 3.8) is 0 Å². The van der Waals surface area contributed by atoms with Crippen LogP contribution in [-0.2, 0) is 23.7 Å². The molecular formula is C38H68O8. The zero-order chi connectivity index (χ0) is 33.4. The summed E-state index contributed by atoms with van der Waals surface area (Å²) in [5, 5.41) is 9.22. The van der Waals surface area contributed by atoms with Gasteiger partial charge >= 0.3 is 0 Å². The van der Waals surface area contributed by atoms with Gasteiger partial charge in [-0.25, -0.2) is 0 Å². The Balaban J connectivity index is 1.43. The number of epoxide rings is 1. The molecule has 4 atom stereocenters. The van der Waals surface area contributed by atoms with Crippen molar-refractivity contribution in [3.05, 3.63) is 24.3 Å². The molecule has 46 heavy (non-hydrogen) atoms. The van der Waals surface area contributed by atoms with Crippen molar-refractivity contribution >= 4 is 0 Å². The highest BCUT2D eigenvalue weighted by molar-refractivity contribution is 5.32. The maximum absolute atomic E-state index is 9.22. The molecule has 8 nitrogen and oxygen atoms in total. The normalized spacial score (nSPS) is 17.7. The van der Waals surface area contributed by atoms with E-state index in [2.05, 4.69) is 27.7 Å².